The molecule has 0 saturated heterocycles. The molecule has 2 rings (SSSR count). The number of halogens is 3. The summed E-state index contributed by atoms with van der Waals surface area (Å²) < 4.78 is 32.6. The number of rotatable bonds is 3. The SMILES string of the molecule is N=C(N)c1cc(Br)ccc1Oc1cccc(F)c1F. The van der Waals surface area contributed by atoms with Gasteiger partial charge in [0.15, 0.2) is 11.6 Å². The first kappa shape index (κ1) is 13.5. The molecule has 3 nitrogen and oxygen atoms in total. The van der Waals surface area contributed by atoms with Gasteiger partial charge in [-0.15, -0.1) is 0 Å². The Morgan fingerprint density at radius 2 is 1.89 bits per heavy atom. The van der Waals surface area contributed by atoms with Crippen LogP contribution in [0.25, 0.3) is 0 Å². The van der Waals surface area contributed by atoms with E-state index in [9.17, 15) is 8.78 Å². The van der Waals surface area contributed by atoms with Crippen molar-refractivity contribution < 1.29 is 13.5 Å². The second-order valence-corrected chi connectivity index (χ2v) is 4.62. The summed E-state index contributed by atoms with van der Waals surface area (Å²) in [7, 11) is 0. The molecular formula is C13H9BrF2N2O. The molecular weight excluding hydrogens is 318 g/mol. The lowest BCUT2D eigenvalue weighted by molar-refractivity contribution is 0.415. The van der Waals surface area contributed by atoms with Gasteiger partial charge in [0.1, 0.15) is 11.6 Å². The van der Waals surface area contributed by atoms with Crippen molar-refractivity contribution in [3.8, 4) is 11.5 Å². The third-order valence-corrected chi connectivity index (χ3v) is 2.86. The van der Waals surface area contributed by atoms with Crippen LogP contribution in [0.1, 0.15) is 5.56 Å². The molecule has 3 N–H and O–H groups in total. The predicted molar refractivity (Wildman–Crippen MR) is 71.6 cm³/mol. The van der Waals surface area contributed by atoms with E-state index in [1.165, 1.54) is 18.2 Å². The lowest BCUT2D eigenvalue weighted by atomic mass is 10.2. The highest BCUT2D eigenvalue weighted by Crippen LogP contribution is 2.30. The summed E-state index contributed by atoms with van der Waals surface area (Å²) in [6.45, 7) is 0. The monoisotopic (exact) mass is 326 g/mol. The van der Waals surface area contributed by atoms with Crippen LogP contribution in [0.3, 0.4) is 0 Å². The average molecular weight is 327 g/mol. The molecule has 0 fully saturated rings. The van der Waals surface area contributed by atoms with Crippen molar-refractivity contribution in [1.82, 2.24) is 0 Å². The van der Waals surface area contributed by atoms with Crippen LogP contribution in [0.15, 0.2) is 40.9 Å². The highest BCUT2D eigenvalue weighted by atomic mass is 79.9. The minimum absolute atomic E-state index is 0.181. The third kappa shape index (κ3) is 2.90. The molecule has 2 aromatic rings. The van der Waals surface area contributed by atoms with Crippen LogP contribution in [-0.2, 0) is 0 Å². The van der Waals surface area contributed by atoms with E-state index in [0.29, 0.717) is 4.47 Å². The Morgan fingerprint density at radius 3 is 2.58 bits per heavy atom. The quantitative estimate of drug-likeness (QED) is 0.665. The van der Waals surface area contributed by atoms with Crippen molar-refractivity contribution in [3.05, 3.63) is 58.1 Å². The normalized spacial score (nSPS) is 10.3. The van der Waals surface area contributed by atoms with Crippen molar-refractivity contribution in [2.24, 2.45) is 5.73 Å². The molecule has 0 atom stereocenters. The summed E-state index contributed by atoms with van der Waals surface area (Å²) in [5.41, 5.74) is 5.71. The third-order valence-electron chi connectivity index (χ3n) is 2.37. The molecule has 6 heteroatoms. The van der Waals surface area contributed by atoms with Crippen LogP contribution >= 0.6 is 15.9 Å². The Kier molecular flexibility index (Phi) is 3.80. The van der Waals surface area contributed by atoms with E-state index in [4.69, 9.17) is 15.9 Å². The minimum Gasteiger partial charge on any atom is -0.453 e. The van der Waals surface area contributed by atoms with E-state index in [0.717, 1.165) is 6.07 Å². The minimum atomic E-state index is -1.08. The Hall–Kier alpha value is -1.95. The highest BCUT2D eigenvalue weighted by molar-refractivity contribution is 9.10. The van der Waals surface area contributed by atoms with Crippen LogP contribution in [0.4, 0.5) is 8.78 Å². The highest BCUT2D eigenvalue weighted by Gasteiger charge is 2.13. The van der Waals surface area contributed by atoms with E-state index < -0.39 is 11.6 Å². The number of nitrogens with one attached hydrogen (secondary N) is 1. The van der Waals surface area contributed by atoms with Gasteiger partial charge in [-0.3, -0.25) is 5.41 Å². The van der Waals surface area contributed by atoms with Crippen molar-refractivity contribution in [2.45, 2.75) is 0 Å². The number of ether oxygens (including phenoxy) is 1. The molecule has 0 radical (unpaired) electrons. The molecule has 0 amide bonds. The topological polar surface area (TPSA) is 59.1 Å². The smallest absolute Gasteiger partial charge is 0.201 e. The molecule has 2 aromatic carbocycles. The van der Waals surface area contributed by atoms with Gasteiger partial charge in [-0.25, -0.2) is 4.39 Å². The van der Waals surface area contributed by atoms with Crippen molar-refractivity contribution in [1.29, 1.82) is 5.41 Å². The molecule has 0 heterocycles. The van der Waals surface area contributed by atoms with Crippen molar-refractivity contribution >= 4 is 21.8 Å². The van der Waals surface area contributed by atoms with Crippen LogP contribution < -0.4 is 10.5 Å². The lowest BCUT2D eigenvalue weighted by Crippen LogP contribution is -2.12. The van der Waals surface area contributed by atoms with Crippen molar-refractivity contribution in [3.63, 3.8) is 0 Å². The maximum Gasteiger partial charge on any atom is 0.201 e. The summed E-state index contributed by atoms with van der Waals surface area (Å²) in [4.78, 5) is 0. The predicted octanol–water partition coefficient (Wildman–Crippen LogP) is 3.80. The molecule has 0 spiro atoms. The summed E-state index contributed by atoms with van der Waals surface area (Å²) in [5, 5.41) is 7.44. The van der Waals surface area contributed by atoms with E-state index in [2.05, 4.69) is 15.9 Å². The van der Waals surface area contributed by atoms with Gasteiger partial charge in [-0.1, -0.05) is 22.0 Å². The van der Waals surface area contributed by atoms with Gasteiger partial charge in [0, 0.05) is 4.47 Å². The Bertz CT molecular complexity index is 647. The van der Waals surface area contributed by atoms with E-state index in [-0.39, 0.29) is 22.9 Å². The number of hydrogen-bond donors (Lipinski definition) is 2. The van der Waals surface area contributed by atoms with Gasteiger partial charge >= 0.3 is 0 Å². The van der Waals surface area contributed by atoms with Gasteiger partial charge in [0.25, 0.3) is 0 Å². The van der Waals surface area contributed by atoms with Gasteiger partial charge in [-0.05, 0) is 30.3 Å². The second kappa shape index (κ2) is 5.36. The Morgan fingerprint density at radius 1 is 1.16 bits per heavy atom. The number of amidine groups is 1. The summed E-state index contributed by atoms with van der Waals surface area (Å²) in [6, 6.07) is 8.36. The van der Waals surface area contributed by atoms with Crippen LogP contribution in [0, 0.1) is 17.0 Å². The molecule has 0 aliphatic heterocycles. The zero-order valence-corrected chi connectivity index (χ0v) is 11.2. The largest absolute Gasteiger partial charge is 0.453 e. The zero-order valence-electron chi connectivity index (χ0n) is 9.58. The zero-order chi connectivity index (χ0) is 14.0. The number of hydrogen-bond acceptors (Lipinski definition) is 2. The second-order valence-electron chi connectivity index (χ2n) is 3.71. The van der Waals surface area contributed by atoms with Crippen molar-refractivity contribution in [2.75, 3.05) is 0 Å². The molecule has 0 saturated carbocycles. The lowest BCUT2D eigenvalue weighted by Gasteiger charge is -2.11. The van der Waals surface area contributed by atoms with Gasteiger partial charge < -0.3 is 10.5 Å². The van der Waals surface area contributed by atoms with Crippen LogP contribution in [0.5, 0.6) is 11.5 Å². The maximum atomic E-state index is 13.5. The Labute approximate surface area is 116 Å². The number of nitrogen functional groups attached to an aromatic ring is 1. The van der Waals surface area contributed by atoms with E-state index >= 15 is 0 Å². The first-order valence-electron chi connectivity index (χ1n) is 5.25. The summed E-state index contributed by atoms with van der Waals surface area (Å²) in [5.74, 6) is -2.39. The standard InChI is InChI=1S/C13H9BrF2N2O/c14-7-4-5-10(8(6-7)13(17)18)19-11-3-1-2-9(15)12(11)16/h1-6H,(H3,17,18). The van der Waals surface area contributed by atoms with Gasteiger partial charge in [-0.2, -0.15) is 4.39 Å². The van der Waals surface area contributed by atoms with Gasteiger partial charge in [0.2, 0.25) is 5.82 Å². The fourth-order valence-electron chi connectivity index (χ4n) is 1.48. The first-order valence-corrected chi connectivity index (χ1v) is 6.04. The van der Waals surface area contributed by atoms with Crippen LogP contribution in [-0.4, -0.2) is 5.84 Å². The average Bonchev–Trinajstić information content (AvgIpc) is 2.36. The summed E-state index contributed by atoms with van der Waals surface area (Å²) in [6.07, 6.45) is 0. The van der Waals surface area contributed by atoms with Crippen LogP contribution in [0.2, 0.25) is 0 Å². The summed E-state index contributed by atoms with van der Waals surface area (Å²) >= 11 is 3.23. The fraction of sp³-hybridized carbons (Fsp3) is 0. The molecule has 0 unspecified atom stereocenters. The maximum absolute atomic E-state index is 13.5. The molecule has 0 bridgehead atoms. The van der Waals surface area contributed by atoms with E-state index in [1.807, 2.05) is 0 Å². The molecule has 19 heavy (non-hydrogen) atoms. The molecule has 0 aromatic heterocycles. The Balaban J connectivity index is 2.44. The fourth-order valence-corrected chi connectivity index (χ4v) is 1.84. The molecule has 0 aliphatic carbocycles. The number of nitrogens with two attached hydrogens (primary N) is 1. The van der Waals surface area contributed by atoms with Gasteiger partial charge in [0.05, 0.1) is 5.56 Å². The number of benzene rings is 2. The van der Waals surface area contributed by atoms with E-state index in [1.54, 1.807) is 12.1 Å². The molecule has 0 aliphatic rings. The molecule has 98 valence electrons. The first-order chi connectivity index (χ1) is 8.99.